The number of methoxy groups -OCH3 is 2. The number of hydrogen-bond donors (Lipinski definition) is 1. The largest absolute Gasteiger partial charge is 0.493 e. The molecule has 0 saturated heterocycles. The lowest BCUT2D eigenvalue weighted by atomic mass is 9.99. The number of halogens is 1. The Labute approximate surface area is 272 Å². The topological polar surface area (TPSA) is 111 Å². The molecule has 2 aromatic heterocycles. The monoisotopic (exact) mass is 656 g/mol. The van der Waals surface area contributed by atoms with Crippen LogP contribution in [0.2, 0.25) is 0 Å². The summed E-state index contributed by atoms with van der Waals surface area (Å²) in [5.74, 6) is 0.128. The fourth-order valence-electron chi connectivity index (χ4n) is 5.19. The number of hydrogen-bond acceptors (Lipinski definition) is 9. The number of benzene rings is 3. The van der Waals surface area contributed by atoms with Crippen LogP contribution in [0.15, 0.2) is 101 Å². The van der Waals surface area contributed by atoms with Gasteiger partial charge in [-0.2, -0.15) is 5.10 Å². The summed E-state index contributed by atoms with van der Waals surface area (Å²) in [6.07, 6.45) is 0.506. The van der Waals surface area contributed by atoms with Crippen LogP contribution in [0, 0.1) is 5.82 Å². The Kier molecular flexibility index (Phi) is 9.41. The third kappa shape index (κ3) is 6.37. The van der Waals surface area contributed by atoms with E-state index in [-0.39, 0.29) is 23.8 Å². The lowest BCUT2D eigenvalue weighted by Gasteiger charge is -2.24. The molecule has 0 bridgehead atoms. The van der Waals surface area contributed by atoms with Crippen LogP contribution < -0.4 is 14.8 Å². The molecule has 1 atom stereocenters. The predicted molar refractivity (Wildman–Crippen MR) is 174 cm³/mol. The lowest BCUT2D eigenvalue weighted by molar-refractivity contribution is -0.130. The minimum Gasteiger partial charge on any atom is -0.493 e. The first-order valence-corrected chi connectivity index (χ1v) is 16.1. The number of amides is 2. The third-order valence-electron chi connectivity index (χ3n) is 7.33. The maximum absolute atomic E-state index is 14.2. The maximum atomic E-state index is 14.2. The van der Waals surface area contributed by atoms with Crippen molar-refractivity contribution in [2.75, 3.05) is 20.0 Å². The Morgan fingerprint density at radius 2 is 1.78 bits per heavy atom. The molecule has 0 radical (unpaired) electrons. The number of thioether (sulfide) groups is 1. The number of nitrogens with zero attached hydrogens (tertiary/aromatic N) is 5. The molecule has 13 heteroatoms. The van der Waals surface area contributed by atoms with Gasteiger partial charge >= 0.3 is 0 Å². The van der Waals surface area contributed by atoms with Crippen LogP contribution in [0.3, 0.4) is 0 Å². The second-order valence-electron chi connectivity index (χ2n) is 10.1. The van der Waals surface area contributed by atoms with E-state index in [1.165, 1.54) is 35.0 Å². The number of para-hydroxylation sites is 2. The van der Waals surface area contributed by atoms with Crippen LogP contribution >= 0.6 is 23.1 Å². The van der Waals surface area contributed by atoms with Crippen molar-refractivity contribution < 1.29 is 23.5 Å². The average molecular weight is 657 g/mol. The molecule has 3 heterocycles. The summed E-state index contributed by atoms with van der Waals surface area (Å²) < 4.78 is 27.2. The minimum absolute atomic E-state index is 0.0105. The second kappa shape index (κ2) is 14.0. The van der Waals surface area contributed by atoms with E-state index in [1.54, 1.807) is 36.2 Å². The molecule has 0 spiro atoms. The van der Waals surface area contributed by atoms with E-state index >= 15 is 0 Å². The van der Waals surface area contributed by atoms with Crippen LogP contribution in [0.25, 0.3) is 5.69 Å². The third-order valence-corrected chi connectivity index (χ3v) is 9.16. The van der Waals surface area contributed by atoms with Crippen LogP contribution in [-0.4, -0.2) is 57.3 Å². The first kappa shape index (κ1) is 31.0. The summed E-state index contributed by atoms with van der Waals surface area (Å²) in [6, 6.07) is 24.3. The number of ether oxygens (including phenoxy) is 2. The van der Waals surface area contributed by atoms with Crippen molar-refractivity contribution in [1.82, 2.24) is 25.1 Å². The first-order chi connectivity index (χ1) is 22.5. The lowest BCUT2D eigenvalue weighted by Crippen LogP contribution is -2.29. The number of hydrazone groups is 1. The van der Waals surface area contributed by atoms with Crippen molar-refractivity contribution in [3.05, 3.63) is 118 Å². The highest BCUT2D eigenvalue weighted by atomic mass is 32.2. The van der Waals surface area contributed by atoms with Gasteiger partial charge in [0.15, 0.2) is 22.5 Å². The zero-order valence-electron chi connectivity index (χ0n) is 24.9. The molecular weight excluding hydrogens is 628 g/mol. The van der Waals surface area contributed by atoms with E-state index in [1.807, 2.05) is 66.0 Å². The van der Waals surface area contributed by atoms with Gasteiger partial charge in [-0.1, -0.05) is 60.3 Å². The number of rotatable bonds is 11. The predicted octanol–water partition coefficient (Wildman–Crippen LogP) is 5.89. The highest BCUT2D eigenvalue weighted by Gasteiger charge is 2.36. The summed E-state index contributed by atoms with van der Waals surface area (Å²) in [6.45, 7) is -0.0120. The number of nitrogens with one attached hydrogen (secondary N) is 1. The highest BCUT2D eigenvalue weighted by Crippen LogP contribution is 2.42. The molecule has 3 aromatic carbocycles. The van der Waals surface area contributed by atoms with Crippen molar-refractivity contribution in [3.8, 4) is 17.2 Å². The molecule has 5 aromatic rings. The summed E-state index contributed by atoms with van der Waals surface area (Å²) in [7, 11) is 3.15. The van der Waals surface area contributed by atoms with Gasteiger partial charge < -0.3 is 14.8 Å². The zero-order chi connectivity index (χ0) is 32.0. The number of thiophene rings is 1. The maximum Gasteiger partial charge on any atom is 0.254 e. The smallest absolute Gasteiger partial charge is 0.254 e. The van der Waals surface area contributed by atoms with Gasteiger partial charge in [0.1, 0.15) is 5.82 Å². The molecule has 2 amide bonds. The van der Waals surface area contributed by atoms with E-state index in [9.17, 15) is 14.0 Å². The normalized spacial score (nSPS) is 14.2. The van der Waals surface area contributed by atoms with Gasteiger partial charge in [0, 0.05) is 17.7 Å². The number of aromatic nitrogens is 3. The minimum atomic E-state index is -0.615. The molecule has 234 valence electrons. The van der Waals surface area contributed by atoms with Gasteiger partial charge in [-0.3, -0.25) is 14.2 Å². The van der Waals surface area contributed by atoms with Gasteiger partial charge in [-0.15, -0.1) is 21.5 Å². The van der Waals surface area contributed by atoms with Gasteiger partial charge in [-0.05, 0) is 41.8 Å². The quantitative estimate of drug-likeness (QED) is 0.177. The Hall–Kier alpha value is -5.01. The molecule has 1 aliphatic heterocycles. The summed E-state index contributed by atoms with van der Waals surface area (Å²) in [5.41, 5.74) is 2.28. The van der Waals surface area contributed by atoms with Crippen LogP contribution in [0.5, 0.6) is 11.5 Å². The molecule has 1 aliphatic rings. The zero-order valence-corrected chi connectivity index (χ0v) is 26.6. The number of carbonyl (C=O) groups excluding carboxylic acids is 2. The summed E-state index contributed by atoms with van der Waals surface area (Å²) in [5, 5.41) is 20.1. The molecule has 0 fully saturated rings. The first-order valence-electron chi connectivity index (χ1n) is 14.3. The summed E-state index contributed by atoms with van der Waals surface area (Å²) in [4.78, 5) is 27.6. The van der Waals surface area contributed by atoms with Crippen molar-refractivity contribution in [1.29, 1.82) is 0 Å². The van der Waals surface area contributed by atoms with Crippen LogP contribution in [-0.2, 0) is 11.3 Å². The van der Waals surface area contributed by atoms with Gasteiger partial charge in [-0.25, -0.2) is 9.40 Å². The van der Waals surface area contributed by atoms with Crippen molar-refractivity contribution >= 4 is 40.6 Å². The Bertz CT molecular complexity index is 1880. The second-order valence-corrected chi connectivity index (χ2v) is 12.0. The van der Waals surface area contributed by atoms with E-state index < -0.39 is 17.8 Å². The molecule has 0 saturated carbocycles. The molecular formula is C33H29FN6O4S2. The summed E-state index contributed by atoms with van der Waals surface area (Å²) >= 11 is 2.77. The Balaban J connectivity index is 1.26. The SMILES string of the molecule is COc1cccc(C2CC(c3cccs3)=NN2C(=O)CSc2nnc(CNC(=O)c3ccccc3F)n2-c2ccccc2)c1OC. The standard InChI is InChI=1S/C33H29FN6O4S2/c1-43-27-15-8-13-23(31(27)44-2)26-18-25(28-16-9-17-45-28)38-40(26)30(41)20-46-33-37-36-29(39(33)21-10-4-3-5-11-21)19-35-32(42)22-12-6-7-14-24(22)34/h3-17,26H,18-20H2,1-2H3,(H,35,42). The molecule has 46 heavy (non-hydrogen) atoms. The molecule has 0 aliphatic carbocycles. The average Bonchev–Trinajstić information content (AvgIpc) is 3.86. The van der Waals surface area contributed by atoms with Crippen molar-refractivity contribution in [2.45, 2.75) is 24.2 Å². The molecule has 6 rings (SSSR count). The van der Waals surface area contributed by atoms with E-state index in [4.69, 9.17) is 14.6 Å². The van der Waals surface area contributed by atoms with Crippen LogP contribution in [0.4, 0.5) is 4.39 Å². The highest BCUT2D eigenvalue weighted by molar-refractivity contribution is 7.99. The Morgan fingerprint density at radius 3 is 2.52 bits per heavy atom. The van der Waals surface area contributed by atoms with E-state index in [0.717, 1.165) is 21.8 Å². The van der Waals surface area contributed by atoms with E-state index in [2.05, 4.69) is 15.5 Å². The fraction of sp³-hybridized carbons (Fsp3) is 0.182. The number of carbonyl (C=O) groups is 2. The van der Waals surface area contributed by atoms with E-state index in [0.29, 0.717) is 28.9 Å². The Morgan fingerprint density at radius 1 is 0.978 bits per heavy atom. The van der Waals surface area contributed by atoms with Gasteiger partial charge in [0.2, 0.25) is 0 Å². The molecule has 1 N–H and O–H groups in total. The van der Waals surface area contributed by atoms with Crippen molar-refractivity contribution in [3.63, 3.8) is 0 Å². The van der Waals surface area contributed by atoms with Gasteiger partial charge in [0.05, 0.1) is 48.7 Å². The van der Waals surface area contributed by atoms with Gasteiger partial charge in [0.25, 0.3) is 11.8 Å². The van der Waals surface area contributed by atoms with Crippen LogP contribution in [0.1, 0.15) is 39.1 Å². The fourth-order valence-corrected chi connectivity index (χ4v) is 6.73. The molecule has 1 unspecified atom stereocenters. The van der Waals surface area contributed by atoms with Crippen molar-refractivity contribution in [2.24, 2.45) is 5.10 Å². The molecule has 10 nitrogen and oxygen atoms in total.